The largest absolute Gasteiger partial charge is 0.391 e. The molecule has 1 N–H and O–H groups in total. The lowest BCUT2D eigenvalue weighted by Crippen LogP contribution is -2.25. The van der Waals surface area contributed by atoms with E-state index < -0.39 is 6.10 Å². The average molecular weight is 214 g/mol. The van der Waals surface area contributed by atoms with Gasteiger partial charge >= 0.3 is 0 Å². The number of β-amino-alcohol motifs (C(OH)–C–C–N with tert-alkyl or cyclic N) is 1. The van der Waals surface area contributed by atoms with Crippen LogP contribution in [0.2, 0.25) is 5.28 Å². The summed E-state index contributed by atoms with van der Waals surface area (Å²) >= 11 is 5.51. The molecule has 0 radical (unpaired) electrons. The first-order valence-electron chi connectivity index (χ1n) is 4.13. The maximum Gasteiger partial charge on any atom is 0.229 e. The van der Waals surface area contributed by atoms with E-state index in [2.05, 4.69) is 9.97 Å². The quantitative estimate of drug-likeness (QED) is 0.678. The number of aliphatic hydroxyl groups is 1. The molecule has 1 fully saturated rings. The number of halogens is 1. The van der Waals surface area contributed by atoms with E-state index in [-0.39, 0.29) is 17.6 Å². The normalized spacial score (nSPS) is 21.7. The molecular weight excluding hydrogens is 206 g/mol. The maximum absolute atomic E-state index is 11.3. The number of amides is 1. The lowest BCUT2D eigenvalue weighted by Gasteiger charge is -2.14. The molecule has 2 rings (SSSR count). The standard InChI is InChI=1S/C8H8ClN3O2/c9-8-10-2-5(3-11-8)12-4-6(13)1-7(12)14/h2-3,6,13H,1,4H2. The van der Waals surface area contributed by atoms with Crippen LogP contribution in [0.15, 0.2) is 12.4 Å². The van der Waals surface area contributed by atoms with E-state index in [1.807, 2.05) is 0 Å². The van der Waals surface area contributed by atoms with Crippen molar-refractivity contribution in [3.63, 3.8) is 0 Å². The van der Waals surface area contributed by atoms with Crippen LogP contribution >= 0.6 is 11.6 Å². The first-order valence-corrected chi connectivity index (χ1v) is 4.50. The lowest BCUT2D eigenvalue weighted by molar-refractivity contribution is -0.117. The van der Waals surface area contributed by atoms with Crippen molar-refractivity contribution in [2.24, 2.45) is 0 Å². The summed E-state index contributed by atoms with van der Waals surface area (Å²) in [6, 6.07) is 0. The Labute approximate surface area is 85.3 Å². The zero-order chi connectivity index (χ0) is 10.1. The van der Waals surface area contributed by atoms with Crippen molar-refractivity contribution in [3.05, 3.63) is 17.7 Å². The molecule has 1 aromatic rings. The predicted octanol–water partition coefficient (Wildman–Crippen LogP) is 0.228. The SMILES string of the molecule is O=C1CC(O)CN1c1cnc(Cl)nc1. The molecule has 1 aliphatic heterocycles. The summed E-state index contributed by atoms with van der Waals surface area (Å²) in [5.41, 5.74) is 0.566. The lowest BCUT2D eigenvalue weighted by atomic mass is 10.3. The average Bonchev–Trinajstić information content (AvgIpc) is 2.47. The van der Waals surface area contributed by atoms with E-state index >= 15 is 0 Å². The van der Waals surface area contributed by atoms with Gasteiger partial charge in [-0.1, -0.05) is 0 Å². The molecule has 0 saturated carbocycles. The Kier molecular flexibility index (Phi) is 2.35. The summed E-state index contributed by atoms with van der Waals surface area (Å²) in [5, 5.41) is 9.40. The highest BCUT2D eigenvalue weighted by atomic mass is 35.5. The number of anilines is 1. The molecule has 1 unspecified atom stereocenters. The third-order valence-corrected chi connectivity index (χ3v) is 2.22. The molecule has 5 nitrogen and oxygen atoms in total. The Morgan fingerprint density at radius 3 is 2.64 bits per heavy atom. The summed E-state index contributed by atoms with van der Waals surface area (Å²) in [6.07, 6.45) is 2.48. The fourth-order valence-corrected chi connectivity index (χ4v) is 1.48. The Bertz CT molecular complexity index is 354. The van der Waals surface area contributed by atoms with E-state index in [1.165, 1.54) is 17.3 Å². The van der Waals surface area contributed by atoms with Gasteiger partial charge in [0.15, 0.2) is 0 Å². The zero-order valence-electron chi connectivity index (χ0n) is 7.22. The molecule has 14 heavy (non-hydrogen) atoms. The molecule has 0 bridgehead atoms. The first-order chi connectivity index (χ1) is 6.66. The van der Waals surface area contributed by atoms with E-state index in [4.69, 9.17) is 11.6 Å². The van der Waals surface area contributed by atoms with Crippen LogP contribution in [-0.4, -0.2) is 33.6 Å². The number of carbonyl (C=O) groups excluding carboxylic acids is 1. The summed E-state index contributed by atoms with van der Waals surface area (Å²) in [4.78, 5) is 20.3. The summed E-state index contributed by atoms with van der Waals surface area (Å²) in [6.45, 7) is 0.295. The molecule has 1 aliphatic rings. The summed E-state index contributed by atoms with van der Waals surface area (Å²) in [5.74, 6) is -0.122. The molecule has 1 amide bonds. The smallest absolute Gasteiger partial charge is 0.229 e. The van der Waals surface area contributed by atoms with Gasteiger partial charge in [0.05, 0.1) is 37.2 Å². The number of aromatic nitrogens is 2. The molecule has 1 saturated heterocycles. The second kappa shape index (κ2) is 3.51. The van der Waals surface area contributed by atoms with Crippen molar-refractivity contribution < 1.29 is 9.90 Å². The Morgan fingerprint density at radius 2 is 2.14 bits per heavy atom. The molecular formula is C8H8ClN3O2. The molecule has 2 heterocycles. The second-order valence-corrected chi connectivity index (χ2v) is 3.41. The fourth-order valence-electron chi connectivity index (χ4n) is 1.38. The third kappa shape index (κ3) is 1.69. The van der Waals surface area contributed by atoms with Crippen LogP contribution in [-0.2, 0) is 4.79 Å². The van der Waals surface area contributed by atoms with Crippen LogP contribution in [0.3, 0.4) is 0 Å². The zero-order valence-corrected chi connectivity index (χ0v) is 7.98. The van der Waals surface area contributed by atoms with Crippen LogP contribution in [0.25, 0.3) is 0 Å². The first kappa shape index (κ1) is 9.36. The molecule has 1 aromatic heterocycles. The van der Waals surface area contributed by atoms with Gasteiger partial charge in [-0.25, -0.2) is 9.97 Å². The van der Waals surface area contributed by atoms with Gasteiger partial charge in [-0.3, -0.25) is 4.79 Å². The Hall–Kier alpha value is -1.20. The van der Waals surface area contributed by atoms with E-state index in [0.717, 1.165) is 0 Å². The molecule has 74 valence electrons. The van der Waals surface area contributed by atoms with Gasteiger partial charge < -0.3 is 10.0 Å². The number of rotatable bonds is 1. The van der Waals surface area contributed by atoms with Crippen molar-refractivity contribution in [1.82, 2.24) is 9.97 Å². The fraction of sp³-hybridized carbons (Fsp3) is 0.375. The van der Waals surface area contributed by atoms with Crippen molar-refractivity contribution >= 4 is 23.2 Å². The Morgan fingerprint density at radius 1 is 1.50 bits per heavy atom. The third-order valence-electron chi connectivity index (χ3n) is 2.02. The van der Waals surface area contributed by atoms with E-state index in [9.17, 15) is 9.90 Å². The minimum Gasteiger partial charge on any atom is -0.391 e. The maximum atomic E-state index is 11.3. The topological polar surface area (TPSA) is 66.3 Å². The van der Waals surface area contributed by atoms with Crippen molar-refractivity contribution in [1.29, 1.82) is 0 Å². The molecule has 0 aromatic carbocycles. The predicted molar refractivity (Wildman–Crippen MR) is 50.0 cm³/mol. The van der Waals surface area contributed by atoms with Gasteiger partial charge in [0, 0.05) is 0 Å². The van der Waals surface area contributed by atoms with Crippen molar-refractivity contribution in [2.75, 3.05) is 11.4 Å². The minimum atomic E-state index is -0.599. The van der Waals surface area contributed by atoms with Gasteiger partial charge in [0.2, 0.25) is 11.2 Å². The summed E-state index contributed by atoms with van der Waals surface area (Å²) < 4.78 is 0. The van der Waals surface area contributed by atoms with Crippen LogP contribution < -0.4 is 4.90 Å². The number of aliphatic hydroxyl groups excluding tert-OH is 1. The summed E-state index contributed by atoms with van der Waals surface area (Å²) in [7, 11) is 0. The van der Waals surface area contributed by atoms with E-state index in [1.54, 1.807) is 0 Å². The van der Waals surface area contributed by atoms with Gasteiger partial charge in [-0.15, -0.1) is 0 Å². The molecule has 0 spiro atoms. The molecule has 6 heteroatoms. The van der Waals surface area contributed by atoms with Gasteiger partial charge in [-0.2, -0.15) is 0 Å². The number of hydrogen-bond acceptors (Lipinski definition) is 4. The van der Waals surface area contributed by atoms with Gasteiger partial charge in [0.1, 0.15) is 0 Å². The highest BCUT2D eigenvalue weighted by molar-refractivity contribution is 6.28. The number of carbonyl (C=O) groups is 1. The van der Waals surface area contributed by atoms with Crippen LogP contribution in [0.1, 0.15) is 6.42 Å². The Balaban J connectivity index is 2.23. The monoisotopic (exact) mass is 213 g/mol. The minimum absolute atomic E-state index is 0.122. The number of hydrogen-bond donors (Lipinski definition) is 1. The van der Waals surface area contributed by atoms with Gasteiger partial charge in [0.25, 0.3) is 0 Å². The number of nitrogens with zero attached hydrogens (tertiary/aromatic N) is 3. The van der Waals surface area contributed by atoms with Crippen LogP contribution in [0.4, 0.5) is 5.69 Å². The second-order valence-electron chi connectivity index (χ2n) is 3.07. The molecule has 0 aliphatic carbocycles. The van der Waals surface area contributed by atoms with Crippen molar-refractivity contribution in [2.45, 2.75) is 12.5 Å². The highest BCUT2D eigenvalue weighted by Crippen LogP contribution is 2.20. The highest BCUT2D eigenvalue weighted by Gasteiger charge is 2.29. The van der Waals surface area contributed by atoms with Crippen LogP contribution in [0, 0.1) is 0 Å². The van der Waals surface area contributed by atoms with Crippen molar-refractivity contribution in [3.8, 4) is 0 Å². The van der Waals surface area contributed by atoms with Crippen LogP contribution in [0.5, 0.6) is 0 Å². The van der Waals surface area contributed by atoms with Gasteiger partial charge in [-0.05, 0) is 11.6 Å². The molecule has 1 atom stereocenters. The van der Waals surface area contributed by atoms with E-state index in [0.29, 0.717) is 12.2 Å².